The summed E-state index contributed by atoms with van der Waals surface area (Å²) < 4.78 is 5.22. The maximum Gasteiger partial charge on any atom is 0.306 e. The Morgan fingerprint density at radius 1 is 1.46 bits per heavy atom. The first-order valence-corrected chi connectivity index (χ1v) is 4.80. The van der Waals surface area contributed by atoms with Gasteiger partial charge >= 0.3 is 5.97 Å². The summed E-state index contributed by atoms with van der Waals surface area (Å²) in [4.78, 5) is 12.9. The predicted octanol–water partition coefficient (Wildman–Crippen LogP) is 0.0393. The minimum atomic E-state index is -0.627. The number of ether oxygens (including phenoxy) is 1. The molecule has 1 aliphatic heterocycles. The fourth-order valence-electron chi connectivity index (χ4n) is 1.87. The van der Waals surface area contributed by atoms with Gasteiger partial charge in [-0.05, 0) is 12.3 Å². The molecule has 1 aliphatic carbocycles. The summed E-state index contributed by atoms with van der Waals surface area (Å²) >= 11 is 0. The van der Waals surface area contributed by atoms with Crippen molar-refractivity contribution in [2.45, 2.75) is 6.42 Å². The number of hydrogen-bond acceptors (Lipinski definition) is 3. The molecule has 4 heteroatoms. The van der Waals surface area contributed by atoms with E-state index in [0.717, 1.165) is 39.3 Å². The van der Waals surface area contributed by atoms with Gasteiger partial charge in [0.05, 0.1) is 19.1 Å². The van der Waals surface area contributed by atoms with Gasteiger partial charge in [-0.15, -0.1) is 0 Å². The molecule has 1 heterocycles. The van der Waals surface area contributed by atoms with Crippen LogP contribution in [0.25, 0.3) is 0 Å². The summed E-state index contributed by atoms with van der Waals surface area (Å²) in [7, 11) is 0. The lowest BCUT2D eigenvalue weighted by Crippen LogP contribution is -2.37. The van der Waals surface area contributed by atoms with Crippen LogP contribution in [0.5, 0.6) is 0 Å². The van der Waals surface area contributed by atoms with Gasteiger partial charge in [0.1, 0.15) is 0 Å². The Kier molecular flexibility index (Phi) is 2.51. The van der Waals surface area contributed by atoms with Gasteiger partial charge in [-0.2, -0.15) is 0 Å². The second-order valence-electron chi connectivity index (χ2n) is 3.85. The number of rotatable bonds is 3. The van der Waals surface area contributed by atoms with Crippen molar-refractivity contribution >= 4 is 5.97 Å². The highest BCUT2D eigenvalue weighted by Gasteiger charge is 2.43. The van der Waals surface area contributed by atoms with E-state index in [-0.39, 0.29) is 5.92 Å². The number of aliphatic carboxylic acids is 1. The highest BCUT2D eigenvalue weighted by Crippen LogP contribution is 2.39. The van der Waals surface area contributed by atoms with Gasteiger partial charge in [0.15, 0.2) is 0 Å². The van der Waals surface area contributed by atoms with E-state index in [4.69, 9.17) is 9.84 Å². The normalized spacial score (nSPS) is 34.5. The number of carboxylic acid groups (broad SMARTS) is 1. The molecule has 0 aromatic rings. The maximum absolute atomic E-state index is 10.6. The summed E-state index contributed by atoms with van der Waals surface area (Å²) in [5.74, 6) is -0.295. The van der Waals surface area contributed by atoms with Crippen LogP contribution >= 0.6 is 0 Å². The Morgan fingerprint density at radius 2 is 2.15 bits per heavy atom. The average molecular weight is 185 g/mol. The zero-order chi connectivity index (χ0) is 9.26. The second kappa shape index (κ2) is 3.64. The van der Waals surface area contributed by atoms with Gasteiger partial charge in [0.2, 0.25) is 0 Å². The highest BCUT2D eigenvalue weighted by atomic mass is 16.5. The van der Waals surface area contributed by atoms with Crippen LogP contribution in [0.15, 0.2) is 0 Å². The Labute approximate surface area is 77.5 Å². The molecular weight excluding hydrogens is 170 g/mol. The number of hydrogen-bond donors (Lipinski definition) is 1. The van der Waals surface area contributed by atoms with Crippen molar-refractivity contribution in [1.29, 1.82) is 0 Å². The first kappa shape index (κ1) is 8.97. The second-order valence-corrected chi connectivity index (χ2v) is 3.85. The first-order chi connectivity index (χ1) is 6.27. The van der Waals surface area contributed by atoms with E-state index in [0.29, 0.717) is 5.92 Å². The van der Waals surface area contributed by atoms with Crippen LogP contribution in [0.4, 0.5) is 0 Å². The molecular formula is C9H15NO3. The molecule has 74 valence electrons. The van der Waals surface area contributed by atoms with Crippen molar-refractivity contribution < 1.29 is 14.6 Å². The van der Waals surface area contributed by atoms with Crippen molar-refractivity contribution in [2.75, 3.05) is 32.8 Å². The van der Waals surface area contributed by atoms with Gasteiger partial charge in [-0.3, -0.25) is 9.69 Å². The number of nitrogens with zero attached hydrogens (tertiary/aromatic N) is 1. The van der Waals surface area contributed by atoms with Gasteiger partial charge in [-0.25, -0.2) is 0 Å². The van der Waals surface area contributed by atoms with E-state index < -0.39 is 5.97 Å². The van der Waals surface area contributed by atoms with Crippen molar-refractivity contribution in [3.63, 3.8) is 0 Å². The zero-order valence-electron chi connectivity index (χ0n) is 7.61. The molecule has 4 nitrogen and oxygen atoms in total. The van der Waals surface area contributed by atoms with Crippen LogP contribution in [-0.4, -0.2) is 48.8 Å². The highest BCUT2D eigenvalue weighted by molar-refractivity contribution is 5.73. The molecule has 1 N–H and O–H groups in total. The fraction of sp³-hybridized carbons (Fsp3) is 0.889. The molecule has 2 atom stereocenters. The zero-order valence-corrected chi connectivity index (χ0v) is 7.61. The van der Waals surface area contributed by atoms with E-state index in [9.17, 15) is 4.79 Å². The van der Waals surface area contributed by atoms with Gasteiger partial charge in [0.25, 0.3) is 0 Å². The molecule has 2 fully saturated rings. The van der Waals surface area contributed by atoms with Gasteiger partial charge in [0, 0.05) is 19.6 Å². The van der Waals surface area contributed by atoms with Gasteiger partial charge < -0.3 is 9.84 Å². The smallest absolute Gasteiger partial charge is 0.306 e. The third-order valence-corrected chi connectivity index (χ3v) is 2.84. The third-order valence-electron chi connectivity index (χ3n) is 2.84. The summed E-state index contributed by atoms with van der Waals surface area (Å²) in [6.45, 7) is 4.46. The van der Waals surface area contributed by atoms with Crippen LogP contribution in [0.3, 0.4) is 0 Å². The molecule has 0 aromatic carbocycles. The topological polar surface area (TPSA) is 49.8 Å². The van der Waals surface area contributed by atoms with E-state index in [1.54, 1.807) is 0 Å². The summed E-state index contributed by atoms with van der Waals surface area (Å²) in [6.07, 6.45) is 0.868. The average Bonchev–Trinajstić information content (AvgIpc) is 2.86. The van der Waals surface area contributed by atoms with E-state index in [1.807, 2.05) is 0 Å². The monoisotopic (exact) mass is 185 g/mol. The minimum absolute atomic E-state index is 0.0668. The maximum atomic E-state index is 10.6. The van der Waals surface area contributed by atoms with Crippen LogP contribution in [0.1, 0.15) is 6.42 Å². The van der Waals surface area contributed by atoms with E-state index in [2.05, 4.69) is 4.90 Å². The van der Waals surface area contributed by atoms with E-state index >= 15 is 0 Å². The van der Waals surface area contributed by atoms with Crippen molar-refractivity contribution in [3.05, 3.63) is 0 Å². The summed E-state index contributed by atoms with van der Waals surface area (Å²) in [6, 6.07) is 0. The van der Waals surface area contributed by atoms with Crippen LogP contribution < -0.4 is 0 Å². The van der Waals surface area contributed by atoms with Crippen LogP contribution in [0.2, 0.25) is 0 Å². The number of carbonyl (C=O) groups is 1. The van der Waals surface area contributed by atoms with Crippen LogP contribution in [-0.2, 0) is 9.53 Å². The molecule has 0 spiro atoms. The SMILES string of the molecule is O=C(O)[C@H]1C[C@@H]1CN1CCOCC1. The quantitative estimate of drug-likeness (QED) is 0.674. The predicted molar refractivity (Wildman–Crippen MR) is 46.5 cm³/mol. The Bertz CT molecular complexity index is 201. The lowest BCUT2D eigenvalue weighted by molar-refractivity contribution is -0.138. The molecule has 0 radical (unpaired) electrons. The Morgan fingerprint density at radius 3 is 2.69 bits per heavy atom. The molecule has 13 heavy (non-hydrogen) atoms. The fourth-order valence-corrected chi connectivity index (χ4v) is 1.87. The first-order valence-electron chi connectivity index (χ1n) is 4.80. The van der Waals surface area contributed by atoms with Gasteiger partial charge in [-0.1, -0.05) is 0 Å². The summed E-state index contributed by atoms with van der Waals surface area (Å²) in [5, 5.41) is 8.71. The lowest BCUT2D eigenvalue weighted by atomic mass is 10.3. The molecule has 0 amide bonds. The Hall–Kier alpha value is -0.610. The minimum Gasteiger partial charge on any atom is -0.481 e. The molecule has 1 saturated heterocycles. The molecule has 0 unspecified atom stereocenters. The van der Waals surface area contributed by atoms with Crippen molar-refractivity contribution in [1.82, 2.24) is 4.90 Å². The standard InChI is InChI=1S/C9H15NO3/c11-9(12)8-5-7(8)6-10-1-3-13-4-2-10/h7-8H,1-6H2,(H,11,12)/t7-,8+/m1/s1. The van der Waals surface area contributed by atoms with Crippen molar-refractivity contribution in [2.24, 2.45) is 11.8 Å². The lowest BCUT2D eigenvalue weighted by Gasteiger charge is -2.26. The van der Waals surface area contributed by atoms with Crippen LogP contribution in [0, 0.1) is 11.8 Å². The summed E-state index contributed by atoms with van der Waals surface area (Å²) in [5.41, 5.74) is 0. The molecule has 2 aliphatic rings. The number of carboxylic acids is 1. The molecule has 2 rings (SSSR count). The Balaban J connectivity index is 1.70. The number of morpholine rings is 1. The molecule has 0 aromatic heterocycles. The largest absolute Gasteiger partial charge is 0.481 e. The third kappa shape index (κ3) is 2.19. The molecule has 1 saturated carbocycles. The van der Waals surface area contributed by atoms with E-state index in [1.165, 1.54) is 0 Å². The van der Waals surface area contributed by atoms with Crippen molar-refractivity contribution in [3.8, 4) is 0 Å². The molecule has 0 bridgehead atoms.